The third kappa shape index (κ3) is 5.31. The molecule has 0 fully saturated rings. The Morgan fingerprint density at radius 2 is 1.73 bits per heavy atom. The fourth-order valence-electron chi connectivity index (χ4n) is 3.46. The van der Waals surface area contributed by atoms with E-state index in [9.17, 15) is 4.79 Å². The molecule has 2 aromatic carbocycles. The zero-order chi connectivity index (χ0) is 21.1. The predicted molar refractivity (Wildman–Crippen MR) is 129 cm³/mol. The van der Waals surface area contributed by atoms with Crippen LogP contribution >= 0.6 is 23.7 Å². The summed E-state index contributed by atoms with van der Waals surface area (Å²) in [6.07, 6.45) is 0.871. The van der Waals surface area contributed by atoms with E-state index < -0.39 is 0 Å². The number of amides is 1. The third-order valence-electron chi connectivity index (χ3n) is 4.84. The highest BCUT2D eigenvalue weighted by molar-refractivity contribution is 7.22. The SMILES string of the molecule is COc1ccc(C)c2sc(N(CCCN(C)C)C(=O)c3cc(C)cc(C)c3)nc12.Cl. The van der Waals surface area contributed by atoms with Gasteiger partial charge in [0, 0.05) is 12.1 Å². The lowest BCUT2D eigenvalue weighted by molar-refractivity contribution is 0.0986. The fraction of sp³-hybridized carbons (Fsp3) is 0.391. The number of aromatic nitrogens is 1. The van der Waals surface area contributed by atoms with E-state index in [4.69, 9.17) is 9.72 Å². The van der Waals surface area contributed by atoms with Gasteiger partial charge in [0.1, 0.15) is 11.3 Å². The second kappa shape index (κ2) is 10.2. The van der Waals surface area contributed by atoms with Crippen LogP contribution in [0, 0.1) is 20.8 Å². The smallest absolute Gasteiger partial charge is 0.260 e. The van der Waals surface area contributed by atoms with E-state index in [1.165, 1.54) is 0 Å². The highest BCUT2D eigenvalue weighted by atomic mass is 35.5. The number of halogens is 1. The summed E-state index contributed by atoms with van der Waals surface area (Å²) in [6, 6.07) is 9.95. The van der Waals surface area contributed by atoms with Crippen molar-refractivity contribution < 1.29 is 9.53 Å². The van der Waals surface area contributed by atoms with Crippen LogP contribution in [0.4, 0.5) is 5.13 Å². The van der Waals surface area contributed by atoms with Gasteiger partial charge in [0.25, 0.3) is 5.91 Å². The lowest BCUT2D eigenvalue weighted by atomic mass is 10.1. The first-order chi connectivity index (χ1) is 13.8. The minimum absolute atomic E-state index is 0. The number of ether oxygens (including phenoxy) is 1. The maximum Gasteiger partial charge on any atom is 0.260 e. The molecule has 30 heavy (non-hydrogen) atoms. The van der Waals surface area contributed by atoms with Gasteiger partial charge in [-0.25, -0.2) is 4.98 Å². The van der Waals surface area contributed by atoms with E-state index in [0.717, 1.165) is 50.8 Å². The summed E-state index contributed by atoms with van der Waals surface area (Å²) in [5.74, 6) is 0.728. The van der Waals surface area contributed by atoms with Crippen molar-refractivity contribution in [2.45, 2.75) is 27.2 Å². The van der Waals surface area contributed by atoms with Crippen LogP contribution in [0.15, 0.2) is 30.3 Å². The molecule has 0 aliphatic carbocycles. The summed E-state index contributed by atoms with van der Waals surface area (Å²) < 4.78 is 6.56. The molecule has 0 bridgehead atoms. The number of thiazole rings is 1. The predicted octanol–water partition coefficient (Wildman–Crippen LogP) is 5.25. The maximum atomic E-state index is 13.5. The van der Waals surface area contributed by atoms with Gasteiger partial charge >= 0.3 is 0 Å². The zero-order valence-electron chi connectivity index (χ0n) is 18.5. The molecule has 0 N–H and O–H groups in total. The molecule has 162 valence electrons. The van der Waals surface area contributed by atoms with Crippen LogP contribution in [0.25, 0.3) is 10.2 Å². The lowest BCUT2D eigenvalue weighted by Gasteiger charge is -2.21. The third-order valence-corrected chi connectivity index (χ3v) is 6.06. The normalized spacial score (nSPS) is 10.9. The molecule has 1 heterocycles. The molecule has 0 aliphatic heterocycles. The van der Waals surface area contributed by atoms with E-state index in [1.807, 2.05) is 57.1 Å². The van der Waals surface area contributed by atoms with E-state index in [2.05, 4.69) is 17.9 Å². The second-order valence-electron chi connectivity index (χ2n) is 7.75. The van der Waals surface area contributed by atoms with Gasteiger partial charge in [0.2, 0.25) is 0 Å². The molecule has 0 unspecified atom stereocenters. The van der Waals surface area contributed by atoms with Crippen LogP contribution in [-0.2, 0) is 0 Å². The molecule has 0 saturated carbocycles. The Morgan fingerprint density at radius 3 is 2.33 bits per heavy atom. The Labute approximate surface area is 189 Å². The number of anilines is 1. The Morgan fingerprint density at radius 1 is 1.07 bits per heavy atom. The van der Waals surface area contributed by atoms with Crippen LogP contribution in [0.2, 0.25) is 0 Å². The van der Waals surface area contributed by atoms with Gasteiger partial charge in [0.05, 0.1) is 11.8 Å². The van der Waals surface area contributed by atoms with E-state index in [-0.39, 0.29) is 18.3 Å². The minimum atomic E-state index is -0.00812. The van der Waals surface area contributed by atoms with Crippen molar-refractivity contribution in [1.82, 2.24) is 9.88 Å². The van der Waals surface area contributed by atoms with Crippen LogP contribution in [0.3, 0.4) is 0 Å². The van der Waals surface area contributed by atoms with Gasteiger partial charge < -0.3 is 9.64 Å². The van der Waals surface area contributed by atoms with Crippen molar-refractivity contribution in [3.8, 4) is 5.75 Å². The average Bonchev–Trinajstić information content (AvgIpc) is 3.10. The molecule has 3 aromatic rings. The van der Waals surface area contributed by atoms with Gasteiger partial charge in [-0.2, -0.15) is 0 Å². The maximum absolute atomic E-state index is 13.5. The van der Waals surface area contributed by atoms with Crippen LogP contribution < -0.4 is 9.64 Å². The summed E-state index contributed by atoms with van der Waals surface area (Å²) >= 11 is 1.55. The largest absolute Gasteiger partial charge is 0.494 e. The van der Waals surface area contributed by atoms with Crippen molar-refractivity contribution in [3.05, 3.63) is 52.6 Å². The van der Waals surface area contributed by atoms with Crippen molar-refractivity contribution in [1.29, 1.82) is 0 Å². The Balaban J connectivity index is 0.00000320. The number of hydrogen-bond acceptors (Lipinski definition) is 5. The second-order valence-corrected chi connectivity index (χ2v) is 8.73. The fourth-order valence-corrected chi connectivity index (χ4v) is 4.54. The van der Waals surface area contributed by atoms with E-state index >= 15 is 0 Å². The van der Waals surface area contributed by atoms with Crippen molar-refractivity contribution >= 4 is 45.0 Å². The first kappa shape index (κ1) is 24.1. The molecule has 0 radical (unpaired) electrons. The molecule has 1 amide bonds. The monoisotopic (exact) mass is 447 g/mol. The molecule has 0 spiro atoms. The van der Waals surface area contributed by atoms with E-state index in [1.54, 1.807) is 18.4 Å². The minimum Gasteiger partial charge on any atom is -0.494 e. The van der Waals surface area contributed by atoms with Crippen LogP contribution in [-0.4, -0.2) is 50.1 Å². The van der Waals surface area contributed by atoms with Gasteiger partial charge in [-0.05, 0) is 71.6 Å². The van der Waals surface area contributed by atoms with Crippen LogP contribution in [0.5, 0.6) is 5.75 Å². The van der Waals surface area contributed by atoms with Crippen LogP contribution in [0.1, 0.15) is 33.5 Å². The number of aryl methyl sites for hydroxylation is 3. The number of carbonyl (C=O) groups is 1. The van der Waals surface area contributed by atoms with Crippen molar-refractivity contribution in [2.24, 2.45) is 0 Å². The lowest BCUT2D eigenvalue weighted by Crippen LogP contribution is -2.33. The summed E-state index contributed by atoms with van der Waals surface area (Å²) in [5, 5.41) is 0.718. The number of methoxy groups -OCH3 is 1. The Kier molecular flexibility index (Phi) is 8.24. The van der Waals surface area contributed by atoms with Gasteiger partial charge in [-0.15, -0.1) is 12.4 Å². The van der Waals surface area contributed by atoms with Gasteiger partial charge in [-0.3, -0.25) is 9.69 Å². The van der Waals surface area contributed by atoms with Crippen molar-refractivity contribution in [3.63, 3.8) is 0 Å². The molecule has 0 atom stereocenters. The topological polar surface area (TPSA) is 45.7 Å². The molecule has 7 heteroatoms. The molecule has 3 rings (SSSR count). The summed E-state index contributed by atoms with van der Waals surface area (Å²) in [4.78, 5) is 22.3. The zero-order valence-corrected chi connectivity index (χ0v) is 20.1. The number of rotatable bonds is 7. The molecule has 0 aliphatic rings. The number of benzene rings is 2. The molecule has 5 nitrogen and oxygen atoms in total. The molecule has 0 saturated heterocycles. The highest BCUT2D eigenvalue weighted by Crippen LogP contribution is 2.37. The quantitative estimate of drug-likeness (QED) is 0.496. The molecule has 1 aromatic heterocycles. The Hall–Kier alpha value is -2.15. The number of nitrogens with zero attached hydrogens (tertiary/aromatic N) is 3. The summed E-state index contributed by atoms with van der Waals surface area (Å²) in [5.41, 5.74) is 4.83. The molecular formula is C23H30ClN3O2S. The standard InChI is InChI=1S/C23H29N3O2S.ClH/c1-15-12-16(2)14-18(13-15)22(27)26(11-7-10-25(4)5)23-24-20-19(28-6)9-8-17(3)21(20)29-23;/h8-9,12-14H,7,10-11H2,1-6H3;1H. The number of fused-ring (bicyclic) bond motifs is 1. The number of hydrogen-bond donors (Lipinski definition) is 0. The first-order valence-corrected chi connectivity index (χ1v) is 10.6. The van der Waals surface area contributed by atoms with Crippen molar-refractivity contribution in [2.75, 3.05) is 39.2 Å². The highest BCUT2D eigenvalue weighted by Gasteiger charge is 2.23. The average molecular weight is 448 g/mol. The Bertz CT molecular complexity index is 1010. The van der Waals surface area contributed by atoms with E-state index in [0.29, 0.717) is 12.1 Å². The first-order valence-electron chi connectivity index (χ1n) is 9.79. The van der Waals surface area contributed by atoms with Gasteiger partial charge in [0.15, 0.2) is 5.13 Å². The summed E-state index contributed by atoms with van der Waals surface area (Å²) in [7, 11) is 5.74. The summed E-state index contributed by atoms with van der Waals surface area (Å²) in [6.45, 7) is 7.62. The number of carbonyl (C=O) groups excluding carboxylic acids is 1. The molecular weight excluding hydrogens is 418 g/mol. The van der Waals surface area contributed by atoms with Gasteiger partial charge in [-0.1, -0.05) is 34.6 Å².